The van der Waals surface area contributed by atoms with Crippen LogP contribution in [0.5, 0.6) is 5.75 Å². The monoisotopic (exact) mass is 1270 g/mol. The zero-order chi connectivity index (χ0) is 63.6. The number of hydrogen-bond donors (Lipinski definition) is 4. The number of nitrogens with one attached hydrogen (secondary N) is 3. The van der Waals surface area contributed by atoms with Crippen LogP contribution < -0.4 is 20.7 Å². The SMILES string of the molecule is Cc1ncsc1-c1ccc(CNC(=O)C2CC(O)CN2C(=O)C(NC(=O)COCCOCCOCCOCCOCCNC(=O)Cc2cccc(OCCCN(Cc3cccc(C(F)(F)F)c3Cl)CC(c3ccccc3)c3ccccc3)c2)C(C)(C)C)cc1. The normalized spacial score (nSPS) is 14.7. The van der Waals surface area contributed by atoms with Gasteiger partial charge in [0.1, 0.15) is 24.4 Å². The lowest BCUT2D eigenvalue weighted by molar-refractivity contribution is -0.144. The number of aromatic nitrogens is 1. The van der Waals surface area contributed by atoms with Crippen molar-refractivity contribution in [1.82, 2.24) is 30.7 Å². The number of likely N-dealkylation sites (tertiary alicyclic amines) is 1. The van der Waals surface area contributed by atoms with Crippen molar-refractivity contribution in [2.45, 2.75) is 90.3 Å². The molecule has 0 radical (unpaired) electrons. The number of rotatable bonds is 36. The van der Waals surface area contributed by atoms with Gasteiger partial charge in [0.25, 0.3) is 0 Å². The van der Waals surface area contributed by atoms with E-state index < -0.39 is 47.2 Å². The molecule has 89 heavy (non-hydrogen) atoms. The van der Waals surface area contributed by atoms with E-state index in [0.29, 0.717) is 90.2 Å². The number of aliphatic hydroxyl groups excluding tert-OH is 1. The predicted octanol–water partition coefficient (Wildman–Crippen LogP) is 9.44. The number of β-amino-alcohol motifs (C(OH)–C–C–N with tert-alkyl or cyclic N) is 1. The van der Waals surface area contributed by atoms with E-state index in [1.165, 1.54) is 11.0 Å². The molecule has 480 valence electrons. The highest BCUT2D eigenvalue weighted by Gasteiger charge is 2.44. The molecule has 4 N–H and O–H groups in total. The number of nitrogens with zero attached hydrogens (tertiary/aromatic N) is 3. The van der Waals surface area contributed by atoms with Gasteiger partial charge in [-0.2, -0.15) is 13.2 Å². The minimum atomic E-state index is -4.58. The Balaban J connectivity index is 0.702. The molecule has 0 aliphatic carbocycles. The van der Waals surface area contributed by atoms with Gasteiger partial charge in [0, 0.05) is 51.6 Å². The van der Waals surface area contributed by atoms with E-state index in [9.17, 15) is 37.5 Å². The Labute approximate surface area is 528 Å². The Morgan fingerprint density at radius 1 is 0.742 bits per heavy atom. The van der Waals surface area contributed by atoms with Crippen molar-refractivity contribution in [2.75, 3.05) is 98.9 Å². The second-order valence-electron chi connectivity index (χ2n) is 22.7. The lowest BCUT2D eigenvalue weighted by Crippen LogP contribution is -2.58. The van der Waals surface area contributed by atoms with Crippen LogP contribution in [0.25, 0.3) is 10.4 Å². The van der Waals surface area contributed by atoms with Crippen molar-refractivity contribution < 1.29 is 65.9 Å². The maximum atomic E-state index is 14.0. The van der Waals surface area contributed by atoms with Gasteiger partial charge in [-0.15, -0.1) is 11.3 Å². The average molecular weight is 1270 g/mol. The van der Waals surface area contributed by atoms with E-state index >= 15 is 0 Å². The van der Waals surface area contributed by atoms with Crippen LogP contribution in [0.2, 0.25) is 5.02 Å². The summed E-state index contributed by atoms with van der Waals surface area (Å²) in [4.78, 5) is 62.1. The molecule has 1 aliphatic heterocycles. The molecule has 0 bridgehead atoms. The van der Waals surface area contributed by atoms with Crippen LogP contribution in [-0.2, 0) is 68.5 Å². The minimum Gasteiger partial charge on any atom is -0.494 e. The van der Waals surface area contributed by atoms with Gasteiger partial charge in [-0.25, -0.2) is 4.98 Å². The molecule has 1 saturated heterocycles. The zero-order valence-electron chi connectivity index (χ0n) is 50.9. The van der Waals surface area contributed by atoms with Gasteiger partial charge in [-0.3, -0.25) is 24.1 Å². The number of hydrogen-bond acceptors (Lipinski definition) is 14. The van der Waals surface area contributed by atoms with Crippen LogP contribution in [-0.4, -0.2) is 161 Å². The highest BCUT2D eigenvalue weighted by molar-refractivity contribution is 7.13. The number of amides is 4. The summed E-state index contributed by atoms with van der Waals surface area (Å²) in [5, 5.41) is 18.8. The Hall–Kier alpha value is -6.79. The molecular formula is C67H82ClF3N6O11S. The van der Waals surface area contributed by atoms with Gasteiger partial charge >= 0.3 is 6.18 Å². The lowest BCUT2D eigenvalue weighted by atomic mass is 9.85. The molecule has 1 fully saturated rings. The third kappa shape index (κ3) is 22.9. The Kier molecular flexibility index (Phi) is 27.8. The first-order chi connectivity index (χ1) is 42.8. The third-order valence-electron chi connectivity index (χ3n) is 14.8. The molecule has 6 aromatic rings. The maximum absolute atomic E-state index is 14.0. The van der Waals surface area contributed by atoms with E-state index in [2.05, 4.69) is 50.1 Å². The smallest absolute Gasteiger partial charge is 0.417 e. The summed E-state index contributed by atoms with van der Waals surface area (Å²) >= 11 is 7.97. The van der Waals surface area contributed by atoms with Crippen LogP contribution in [0.1, 0.15) is 78.6 Å². The number of carbonyl (C=O) groups excluding carboxylic acids is 4. The van der Waals surface area contributed by atoms with E-state index in [0.717, 1.165) is 44.5 Å². The van der Waals surface area contributed by atoms with Crippen molar-refractivity contribution in [1.29, 1.82) is 0 Å². The van der Waals surface area contributed by atoms with Gasteiger partial charge < -0.3 is 54.4 Å². The number of carbonyl (C=O) groups is 4. The van der Waals surface area contributed by atoms with Crippen LogP contribution in [0.15, 0.2) is 133 Å². The molecule has 7 rings (SSSR count). The van der Waals surface area contributed by atoms with Gasteiger partial charge in [-0.05, 0) is 70.3 Å². The Morgan fingerprint density at radius 2 is 1.36 bits per heavy atom. The highest BCUT2D eigenvalue weighted by Crippen LogP contribution is 2.37. The number of aryl methyl sites for hydroxylation is 1. The minimum absolute atomic E-state index is 0.0348. The van der Waals surface area contributed by atoms with Crippen LogP contribution in [0.3, 0.4) is 0 Å². The summed E-state index contributed by atoms with van der Waals surface area (Å²) in [5.74, 6) is -0.990. The topological polar surface area (TPSA) is 199 Å². The molecule has 2 heterocycles. The predicted molar refractivity (Wildman–Crippen MR) is 335 cm³/mol. The second kappa shape index (κ2) is 35.6. The maximum Gasteiger partial charge on any atom is 0.417 e. The fourth-order valence-corrected chi connectivity index (χ4v) is 11.3. The number of ether oxygens (including phenoxy) is 6. The number of aliphatic hydroxyl groups is 1. The number of benzene rings is 5. The zero-order valence-corrected chi connectivity index (χ0v) is 52.5. The third-order valence-corrected chi connectivity index (χ3v) is 16.2. The van der Waals surface area contributed by atoms with Crippen LogP contribution >= 0.6 is 22.9 Å². The van der Waals surface area contributed by atoms with Crippen LogP contribution in [0.4, 0.5) is 13.2 Å². The van der Waals surface area contributed by atoms with Gasteiger partial charge in [0.05, 0.1) is 105 Å². The summed E-state index contributed by atoms with van der Waals surface area (Å²) in [7, 11) is 0. The summed E-state index contributed by atoms with van der Waals surface area (Å²) in [6, 6.07) is 37.3. The van der Waals surface area contributed by atoms with E-state index in [4.69, 9.17) is 40.0 Å². The molecule has 5 aromatic carbocycles. The summed E-state index contributed by atoms with van der Waals surface area (Å²) < 4.78 is 75.6. The lowest BCUT2D eigenvalue weighted by Gasteiger charge is -2.35. The fourth-order valence-electron chi connectivity index (χ4n) is 10.2. The largest absolute Gasteiger partial charge is 0.494 e. The molecule has 17 nitrogen and oxygen atoms in total. The van der Waals surface area contributed by atoms with Crippen molar-refractivity contribution in [2.24, 2.45) is 5.41 Å². The summed E-state index contributed by atoms with van der Waals surface area (Å²) in [5.41, 5.74) is 6.42. The first kappa shape index (κ1) is 69.7. The van der Waals surface area contributed by atoms with E-state index in [1.807, 2.05) is 113 Å². The number of thiazole rings is 1. The van der Waals surface area contributed by atoms with Gasteiger partial charge in [-0.1, -0.05) is 142 Å². The first-order valence-electron chi connectivity index (χ1n) is 29.9. The number of halogens is 4. The van der Waals surface area contributed by atoms with Gasteiger partial charge in [0.2, 0.25) is 23.6 Å². The highest BCUT2D eigenvalue weighted by atomic mass is 35.5. The summed E-state index contributed by atoms with van der Waals surface area (Å²) in [6.45, 7) is 11.8. The van der Waals surface area contributed by atoms with E-state index in [1.54, 1.807) is 22.9 Å². The average Bonchev–Trinajstić information content (AvgIpc) is 3.30. The van der Waals surface area contributed by atoms with Gasteiger partial charge in [0.15, 0.2) is 0 Å². The van der Waals surface area contributed by atoms with Crippen molar-refractivity contribution in [3.63, 3.8) is 0 Å². The standard InChI is InChI=1S/C67H82ClF3N6O11S/c1-47-62(89-46-74-47)52-24-22-48(23-25-52)41-73-64(81)58-40-54(78)43-77(58)65(82)63(66(2,3)4)75-60(80)45-87-37-36-86-35-34-85-33-32-84-31-30-83-29-26-72-59(79)39-49-14-11-20-55(38-49)88-28-13-27-76(42-53-19-12-21-57(61(53)68)67(69,70)71)44-56(50-15-7-5-8-16-50)51-17-9-6-10-18-51/h5-12,14-25,38,46,54,56,58,63,78H,13,26-37,39-45H2,1-4H3,(H,72,79)(H,73,81)(H,75,80). The molecule has 1 aromatic heterocycles. The summed E-state index contributed by atoms with van der Waals surface area (Å²) in [6.07, 6.45) is -4.68. The molecule has 0 saturated carbocycles. The molecule has 3 unspecified atom stereocenters. The molecule has 4 amide bonds. The number of alkyl halides is 3. The molecular weight excluding hydrogens is 1190 g/mol. The van der Waals surface area contributed by atoms with Crippen LogP contribution in [0, 0.1) is 12.3 Å². The Morgan fingerprint density at radius 3 is 1.97 bits per heavy atom. The molecule has 0 spiro atoms. The van der Waals surface area contributed by atoms with Crippen molar-refractivity contribution in [3.05, 3.63) is 177 Å². The quantitative estimate of drug-likeness (QED) is 0.0272. The van der Waals surface area contributed by atoms with Crippen molar-refractivity contribution in [3.8, 4) is 16.2 Å². The molecule has 3 atom stereocenters. The molecule has 1 aliphatic rings. The first-order valence-corrected chi connectivity index (χ1v) is 31.2. The fraction of sp³-hybridized carbons (Fsp3) is 0.448. The Bertz CT molecular complexity index is 3100. The van der Waals surface area contributed by atoms with E-state index in [-0.39, 0.29) is 75.1 Å². The van der Waals surface area contributed by atoms with Crippen molar-refractivity contribution >= 4 is 46.6 Å². The second-order valence-corrected chi connectivity index (χ2v) is 23.9. The molecule has 22 heteroatoms.